The maximum absolute atomic E-state index is 13.8. The SMILES string of the molecule is O=C1CCC(N2Cc3cc(N4C[C@@H](C(F)(F)F)N(c5ccccc5)C4=O)ccc3C2=O)C(=O)N1. The number of hydrogen-bond donors (Lipinski definition) is 1. The topological polar surface area (TPSA) is 90.0 Å². The first-order valence-electron chi connectivity index (χ1n) is 10.7. The van der Waals surface area contributed by atoms with Gasteiger partial charge < -0.3 is 4.90 Å². The molecule has 3 heterocycles. The van der Waals surface area contributed by atoms with Crippen LogP contribution in [0.25, 0.3) is 0 Å². The van der Waals surface area contributed by atoms with Crippen LogP contribution < -0.4 is 15.1 Å². The second-order valence-electron chi connectivity index (χ2n) is 8.40. The number of urea groups is 1. The fourth-order valence-corrected chi connectivity index (χ4v) is 4.67. The number of nitrogens with zero attached hydrogens (tertiary/aromatic N) is 3. The average Bonchev–Trinajstić information content (AvgIpc) is 3.31. The van der Waals surface area contributed by atoms with Gasteiger partial charge >= 0.3 is 12.2 Å². The first-order valence-corrected chi connectivity index (χ1v) is 10.7. The molecule has 0 aliphatic carbocycles. The number of amides is 5. The van der Waals surface area contributed by atoms with E-state index in [-0.39, 0.29) is 30.8 Å². The Morgan fingerprint density at radius 3 is 2.35 bits per heavy atom. The van der Waals surface area contributed by atoms with E-state index in [0.717, 1.165) is 9.80 Å². The molecule has 176 valence electrons. The van der Waals surface area contributed by atoms with Crippen LogP contribution in [0, 0.1) is 0 Å². The maximum atomic E-state index is 13.8. The Morgan fingerprint density at radius 1 is 0.941 bits per heavy atom. The number of piperidine rings is 1. The molecule has 2 atom stereocenters. The zero-order chi connectivity index (χ0) is 24.2. The van der Waals surface area contributed by atoms with Crippen LogP contribution in [0.5, 0.6) is 0 Å². The van der Waals surface area contributed by atoms with Gasteiger partial charge in [0.15, 0.2) is 6.04 Å². The largest absolute Gasteiger partial charge is 0.411 e. The quantitative estimate of drug-likeness (QED) is 0.696. The minimum absolute atomic E-state index is 0.0570. The van der Waals surface area contributed by atoms with Crippen LogP contribution in [0.1, 0.15) is 28.8 Å². The Bertz CT molecular complexity index is 1200. The number of nitrogens with one attached hydrogen (secondary N) is 1. The molecule has 2 aromatic rings. The number of imide groups is 1. The van der Waals surface area contributed by atoms with Gasteiger partial charge in [0.25, 0.3) is 5.91 Å². The van der Waals surface area contributed by atoms with E-state index in [1.807, 2.05) is 0 Å². The van der Waals surface area contributed by atoms with Crippen LogP contribution in [-0.2, 0) is 16.1 Å². The molecule has 5 amide bonds. The van der Waals surface area contributed by atoms with Crippen LogP contribution in [0.4, 0.5) is 29.3 Å². The lowest BCUT2D eigenvalue weighted by Gasteiger charge is -2.29. The highest BCUT2D eigenvalue weighted by molar-refractivity contribution is 6.08. The summed E-state index contributed by atoms with van der Waals surface area (Å²) in [5.41, 5.74) is 1.18. The number of carbonyl (C=O) groups excluding carboxylic acids is 4. The molecule has 0 saturated carbocycles. The Labute approximate surface area is 191 Å². The van der Waals surface area contributed by atoms with Crippen molar-refractivity contribution in [2.45, 2.75) is 37.6 Å². The molecule has 8 nitrogen and oxygen atoms in total. The lowest BCUT2D eigenvalue weighted by atomic mass is 10.0. The highest BCUT2D eigenvalue weighted by Gasteiger charge is 2.53. The van der Waals surface area contributed by atoms with Gasteiger partial charge in [-0.3, -0.25) is 29.5 Å². The third-order valence-corrected chi connectivity index (χ3v) is 6.34. The smallest absolute Gasteiger partial charge is 0.322 e. The van der Waals surface area contributed by atoms with Crippen LogP contribution >= 0.6 is 0 Å². The molecule has 3 aliphatic heterocycles. The van der Waals surface area contributed by atoms with E-state index >= 15 is 0 Å². The van der Waals surface area contributed by atoms with Crippen molar-refractivity contribution >= 4 is 35.1 Å². The van der Waals surface area contributed by atoms with Crippen molar-refractivity contribution in [2.24, 2.45) is 0 Å². The molecule has 3 aliphatic rings. The summed E-state index contributed by atoms with van der Waals surface area (Å²) < 4.78 is 41.5. The molecular formula is C23H19F3N4O4. The second-order valence-corrected chi connectivity index (χ2v) is 8.40. The van der Waals surface area contributed by atoms with E-state index in [0.29, 0.717) is 11.1 Å². The Kier molecular flexibility index (Phi) is 5.07. The maximum Gasteiger partial charge on any atom is 0.411 e. The lowest BCUT2D eigenvalue weighted by Crippen LogP contribution is -2.52. The molecule has 34 heavy (non-hydrogen) atoms. The van der Waals surface area contributed by atoms with Gasteiger partial charge in [0.1, 0.15) is 6.04 Å². The zero-order valence-electron chi connectivity index (χ0n) is 17.7. The van der Waals surface area contributed by atoms with E-state index in [1.165, 1.54) is 35.2 Å². The monoisotopic (exact) mass is 472 g/mol. The van der Waals surface area contributed by atoms with Gasteiger partial charge in [0.05, 0.1) is 6.54 Å². The van der Waals surface area contributed by atoms with Crippen molar-refractivity contribution in [2.75, 3.05) is 16.3 Å². The fraction of sp³-hybridized carbons (Fsp3) is 0.304. The fourth-order valence-electron chi connectivity index (χ4n) is 4.67. The van der Waals surface area contributed by atoms with Gasteiger partial charge in [-0.05, 0) is 42.3 Å². The van der Waals surface area contributed by atoms with Crippen molar-refractivity contribution in [3.63, 3.8) is 0 Å². The van der Waals surface area contributed by atoms with Crippen molar-refractivity contribution in [3.05, 3.63) is 59.7 Å². The van der Waals surface area contributed by atoms with Crippen LogP contribution in [-0.4, -0.2) is 53.5 Å². The van der Waals surface area contributed by atoms with Gasteiger partial charge in [0, 0.05) is 29.9 Å². The molecule has 5 rings (SSSR count). The minimum atomic E-state index is -4.64. The summed E-state index contributed by atoms with van der Waals surface area (Å²) in [6, 6.07) is 8.40. The molecule has 2 fully saturated rings. The summed E-state index contributed by atoms with van der Waals surface area (Å²) in [4.78, 5) is 52.7. The molecule has 1 N–H and O–H groups in total. The van der Waals surface area contributed by atoms with E-state index in [2.05, 4.69) is 5.32 Å². The Balaban J connectivity index is 1.43. The molecular weight excluding hydrogens is 453 g/mol. The van der Waals surface area contributed by atoms with E-state index < -0.39 is 48.6 Å². The number of anilines is 2. The van der Waals surface area contributed by atoms with Gasteiger partial charge in [-0.1, -0.05) is 18.2 Å². The third-order valence-electron chi connectivity index (χ3n) is 6.34. The molecule has 1 unspecified atom stereocenters. The molecule has 2 aromatic carbocycles. The van der Waals surface area contributed by atoms with Crippen molar-refractivity contribution in [1.82, 2.24) is 10.2 Å². The highest BCUT2D eigenvalue weighted by Crippen LogP contribution is 2.38. The summed E-state index contributed by atoms with van der Waals surface area (Å²) in [6.45, 7) is -0.539. The molecule has 2 saturated heterocycles. The molecule has 0 bridgehead atoms. The predicted octanol–water partition coefficient (Wildman–Crippen LogP) is 2.83. The van der Waals surface area contributed by atoms with E-state index in [4.69, 9.17) is 0 Å². The highest BCUT2D eigenvalue weighted by atomic mass is 19.4. The summed E-state index contributed by atoms with van der Waals surface area (Å²) in [5, 5.41) is 2.22. The average molecular weight is 472 g/mol. The lowest BCUT2D eigenvalue weighted by molar-refractivity contribution is -0.142. The number of benzene rings is 2. The number of para-hydroxylation sites is 1. The number of rotatable bonds is 3. The first kappa shape index (κ1) is 21.9. The zero-order valence-corrected chi connectivity index (χ0v) is 17.7. The Hall–Kier alpha value is -3.89. The second kappa shape index (κ2) is 7.86. The van der Waals surface area contributed by atoms with Crippen LogP contribution in [0.2, 0.25) is 0 Å². The summed E-state index contributed by atoms with van der Waals surface area (Å²) >= 11 is 0. The van der Waals surface area contributed by atoms with Crippen molar-refractivity contribution < 1.29 is 32.3 Å². The number of hydrogen-bond acceptors (Lipinski definition) is 4. The summed E-state index contributed by atoms with van der Waals surface area (Å²) in [6.07, 6.45) is -4.34. The number of carbonyl (C=O) groups is 4. The molecule has 0 radical (unpaired) electrons. The van der Waals surface area contributed by atoms with Crippen molar-refractivity contribution in [1.29, 1.82) is 0 Å². The standard InChI is InChI=1S/C23H19F3N4O4/c24-23(25,26)18-12-28(22(34)30(18)14-4-2-1-3-5-14)15-6-7-16-13(10-15)11-29(21(16)33)17-8-9-19(31)27-20(17)32/h1-7,10,17-18H,8-9,11-12H2,(H,27,31,32)/t17?,18-/m0/s1. The summed E-state index contributed by atoms with van der Waals surface area (Å²) in [5.74, 6) is -1.36. The van der Waals surface area contributed by atoms with Gasteiger partial charge in [-0.15, -0.1) is 0 Å². The number of fused-ring (bicyclic) bond motifs is 1. The summed E-state index contributed by atoms with van der Waals surface area (Å²) in [7, 11) is 0. The molecule has 0 spiro atoms. The first-order chi connectivity index (χ1) is 16.1. The predicted molar refractivity (Wildman–Crippen MR) is 114 cm³/mol. The van der Waals surface area contributed by atoms with Crippen molar-refractivity contribution in [3.8, 4) is 0 Å². The normalized spacial score (nSPS) is 23.0. The third kappa shape index (κ3) is 3.57. The number of alkyl halides is 3. The van der Waals surface area contributed by atoms with E-state index in [1.54, 1.807) is 18.2 Å². The van der Waals surface area contributed by atoms with E-state index in [9.17, 15) is 32.3 Å². The minimum Gasteiger partial charge on any atom is -0.322 e. The van der Waals surface area contributed by atoms with Crippen LogP contribution in [0.3, 0.4) is 0 Å². The van der Waals surface area contributed by atoms with Gasteiger partial charge in [-0.25, -0.2) is 4.79 Å². The number of halogens is 3. The van der Waals surface area contributed by atoms with Gasteiger partial charge in [0.2, 0.25) is 11.8 Å². The van der Waals surface area contributed by atoms with Crippen LogP contribution in [0.15, 0.2) is 48.5 Å². The molecule has 11 heteroatoms. The Morgan fingerprint density at radius 2 is 1.68 bits per heavy atom. The molecule has 0 aromatic heterocycles. The van der Waals surface area contributed by atoms with Gasteiger partial charge in [-0.2, -0.15) is 13.2 Å².